The van der Waals surface area contributed by atoms with Gasteiger partial charge in [-0.3, -0.25) is 4.79 Å². The summed E-state index contributed by atoms with van der Waals surface area (Å²) in [5, 5.41) is 18.0. The predicted octanol–water partition coefficient (Wildman–Crippen LogP) is 0.981. The number of ether oxygens (including phenoxy) is 3. The zero-order valence-electron chi connectivity index (χ0n) is 12.3. The van der Waals surface area contributed by atoms with Gasteiger partial charge in [0.1, 0.15) is 0 Å². The van der Waals surface area contributed by atoms with Crippen molar-refractivity contribution in [1.82, 2.24) is 0 Å². The molecule has 118 valence electrons. The monoisotopic (exact) mass is 316 g/mol. The zero-order valence-corrected chi connectivity index (χ0v) is 13.1. The number of methoxy groups -OCH3 is 3. The van der Waals surface area contributed by atoms with Crippen molar-refractivity contribution in [2.24, 2.45) is 0 Å². The Kier molecular flexibility index (Phi) is 7.35. The minimum Gasteiger partial charge on any atom is -0.493 e. The molecule has 1 aromatic carbocycles. The van der Waals surface area contributed by atoms with Crippen molar-refractivity contribution in [3.05, 3.63) is 17.7 Å². The Morgan fingerprint density at radius 3 is 2.19 bits per heavy atom. The molecule has 0 saturated heterocycles. The number of carbonyl (C=O) groups is 1. The van der Waals surface area contributed by atoms with E-state index in [-0.39, 0.29) is 18.1 Å². The fraction of sp³-hybridized carbons (Fsp3) is 0.500. The smallest absolute Gasteiger partial charge is 0.203 e. The molecule has 0 radical (unpaired) electrons. The molecule has 0 aliphatic heterocycles. The molecule has 0 aliphatic rings. The summed E-state index contributed by atoms with van der Waals surface area (Å²) in [5.41, 5.74) is 0.440. The summed E-state index contributed by atoms with van der Waals surface area (Å²) in [4.78, 5) is 12.1. The van der Waals surface area contributed by atoms with Crippen LogP contribution in [-0.4, -0.2) is 61.5 Å². The standard InChI is InChI=1S/C14H20O6S/c1-18-12-4-9(5-13(19-2)14(12)20-3)11(17)8-21-7-10(16)6-15/h4-5,10,15-16H,6-8H2,1-3H3. The number of hydrogen-bond donors (Lipinski definition) is 2. The maximum Gasteiger partial charge on any atom is 0.203 e. The van der Waals surface area contributed by atoms with Gasteiger partial charge in [0, 0.05) is 11.3 Å². The van der Waals surface area contributed by atoms with Crippen molar-refractivity contribution < 1.29 is 29.2 Å². The first kappa shape index (κ1) is 17.6. The molecule has 2 N–H and O–H groups in total. The zero-order chi connectivity index (χ0) is 15.8. The second kappa shape index (κ2) is 8.76. The Balaban J connectivity index is 2.84. The summed E-state index contributed by atoms with van der Waals surface area (Å²) in [6, 6.07) is 3.18. The van der Waals surface area contributed by atoms with Crippen LogP contribution in [0.15, 0.2) is 12.1 Å². The van der Waals surface area contributed by atoms with Crippen LogP contribution in [0.5, 0.6) is 17.2 Å². The normalized spacial score (nSPS) is 11.9. The van der Waals surface area contributed by atoms with Crippen molar-refractivity contribution in [1.29, 1.82) is 0 Å². The quantitative estimate of drug-likeness (QED) is 0.657. The summed E-state index contributed by atoms with van der Waals surface area (Å²) in [6.45, 7) is -0.314. The van der Waals surface area contributed by atoms with Gasteiger partial charge >= 0.3 is 0 Å². The maximum absolute atomic E-state index is 12.1. The number of Topliss-reactive ketones (excluding diaryl/α,β-unsaturated/α-hetero) is 1. The predicted molar refractivity (Wildman–Crippen MR) is 80.8 cm³/mol. The number of benzene rings is 1. The van der Waals surface area contributed by atoms with Crippen molar-refractivity contribution >= 4 is 17.5 Å². The Hall–Kier alpha value is -1.44. The van der Waals surface area contributed by atoms with E-state index in [0.717, 1.165) is 0 Å². The van der Waals surface area contributed by atoms with Crippen LogP contribution in [0.3, 0.4) is 0 Å². The number of rotatable bonds is 9. The van der Waals surface area contributed by atoms with Crippen LogP contribution < -0.4 is 14.2 Å². The van der Waals surface area contributed by atoms with E-state index >= 15 is 0 Å². The molecular formula is C14H20O6S. The van der Waals surface area contributed by atoms with Crippen molar-refractivity contribution in [2.75, 3.05) is 39.4 Å². The summed E-state index contributed by atoms with van der Waals surface area (Å²) >= 11 is 1.25. The van der Waals surface area contributed by atoms with E-state index in [1.165, 1.54) is 33.1 Å². The summed E-state index contributed by atoms with van der Waals surface area (Å²) in [5.74, 6) is 1.63. The minimum absolute atomic E-state index is 0.121. The van der Waals surface area contributed by atoms with E-state index in [4.69, 9.17) is 19.3 Å². The summed E-state index contributed by atoms with van der Waals surface area (Å²) in [7, 11) is 4.46. The number of thioether (sulfide) groups is 1. The fourth-order valence-corrected chi connectivity index (χ4v) is 2.51. The average Bonchev–Trinajstić information content (AvgIpc) is 2.52. The lowest BCUT2D eigenvalue weighted by atomic mass is 10.1. The van der Waals surface area contributed by atoms with Gasteiger partial charge in [0.2, 0.25) is 5.75 Å². The molecule has 1 rings (SSSR count). The molecule has 7 heteroatoms. The molecule has 0 saturated carbocycles. The third kappa shape index (κ3) is 4.80. The van der Waals surface area contributed by atoms with E-state index in [9.17, 15) is 9.90 Å². The third-order valence-electron chi connectivity index (χ3n) is 2.74. The van der Waals surface area contributed by atoms with Crippen LogP contribution in [0.4, 0.5) is 0 Å². The van der Waals surface area contributed by atoms with Crippen LogP contribution in [-0.2, 0) is 0 Å². The highest BCUT2D eigenvalue weighted by atomic mass is 32.2. The van der Waals surface area contributed by atoms with Gasteiger partial charge in [-0.25, -0.2) is 0 Å². The largest absolute Gasteiger partial charge is 0.493 e. The summed E-state index contributed by atoms with van der Waals surface area (Å²) in [6.07, 6.45) is -0.817. The van der Waals surface area contributed by atoms with E-state index in [1.807, 2.05) is 0 Å². The number of ketones is 1. The molecule has 1 unspecified atom stereocenters. The van der Waals surface area contributed by atoms with Crippen LogP contribution in [0, 0.1) is 0 Å². The minimum atomic E-state index is -0.817. The number of carbonyl (C=O) groups excluding carboxylic acids is 1. The number of hydrogen-bond acceptors (Lipinski definition) is 7. The van der Waals surface area contributed by atoms with E-state index in [1.54, 1.807) is 12.1 Å². The lowest BCUT2D eigenvalue weighted by Gasteiger charge is -2.13. The number of aliphatic hydroxyl groups is 2. The average molecular weight is 316 g/mol. The molecule has 0 fully saturated rings. The second-order valence-electron chi connectivity index (χ2n) is 4.19. The topological polar surface area (TPSA) is 85.2 Å². The van der Waals surface area contributed by atoms with Gasteiger partial charge in [-0.1, -0.05) is 0 Å². The SMILES string of the molecule is COc1cc(C(=O)CSCC(O)CO)cc(OC)c1OC. The number of aliphatic hydroxyl groups excluding tert-OH is 2. The Bertz CT molecular complexity index is 452. The third-order valence-corrected chi connectivity index (χ3v) is 3.83. The van der Waals surface area contributed by atoms with Crippen LogP contribution in [0.1, 0.15) is 10.4 Å². The van der Waals surface area contributed by atoms with Crippen molar-refractivity contribution in [3.63, 3.8) is 0 Å². The Morgan fingerprint density at radius 2 is 1.76 bits per heavy atom. The van der Waals surface area contributed by atoms with Crippen molar-refractivity contribution in [3.8, 4) is 17.2 Å². The molecule has 0 aromatic heterocycles. The van der Waals surface area contributed by atoms with Gasteiger partial charge in [0.05, 0.1) is 39.8 Å². The second-order valence-corrected chi connectivity index (χ2v) is 5.22. The van der Waals surface area contributed by atoms with E-state index < -0.39 is 6.10 Å². The lowest BCUT2D eigenvalue weighted by molar-refractivity contribution is 0.102. The first-order chi connectivity index (χ1) is 10.1. The van der Waals surface area contributed by atoms with Gasteiger partial charge in [-0.2, -0.15) is 11.8 Å². The van der Waals surface area contributed by atoms with E-state index in [0.29, 0.717) is 28.6 Å². The van der Waals surface area contributed by atoms with Crippen LogP contribution in [0.2, 0.25) is 0 Å². The van der Waals surface area contributed by atoms with Crippen molar-refractivity contribution in [2.45, 2.75) is 6.10 Å². The molecular weight excluding hydrogens is 296 g/mol. The summed E-state index contributed by atoms with van der Waals surface area (Å²) < 4.78 is 15.6. The van der Waals surface area contributed by atoms with Crippen LogP contribution in [0.25, 0.3) is 0 Å². The van der Waals surface area contributed by atoms with Gasteiger partial charge < -0.3 is 24.4 Å². The molecule has 0 bridgehead atoms. The lowest BCUT2D eigenvalue weighted by Crippen LogP contribution is -2.16. The Labute approximate surface area is 128 Å². The maximum atomic E-state index is 12.1. The molecule has 0 spiro atoms. The first-order valence-electron chi connectivity index (χ1n) is 6.27. The fourth-order valence-electron chi connectivity index (χ4n) is 1.67. The highest BCUT2D eigenvalue weighted by Crippen LogP contribution is 2.38. The Morgan fingerprint density at radius 1 is 1.19 bits per heavy atom. The van der Waals surface area contributed by atoms with Crippen LogP contribution >= 0.6 is 11.8 Å². The van der Waals surface area contributed by atoms with E-state index in [2.05, 4.69) is 0 Å². The molecule has 0 heterocycles. The highest BCUT2D eigenvalue weighted by molar-refractivity contribution is 8.00. The molecule has 21 heavy (non-hydrogen) atoms. The first-order valence-corrected chi connectivity index (χ1v) is 7.42. The molecule has 1 aromatic rings. The molecule has 0 aliphatic carbocycles. The van der Waals surface area contributed by atoms with Gasteiger partial charge in [0.25, 0.3) is 0 Å². The van der Waals surface area contributed by atoms with Gasteiger partial charge in [0.15, 0.2) is 17.3 Å². The highest BCUT2D eigenvalue weighted by Gasteiger charge is 2.17. The molecule has 6 nitrogen and oxygen atoms in total. The van der Waals surface area contributed by atoms with Gasteiger partial charge in [-0.15, -0.1) is 0 Å². The van der Waals surface area contributed by atoms with Gasteiger partial charge in [-0.05, 0) is 12.1 Å². The molecule has 0 amide bonds. The molecule has 1 atom stereocenters.